The van der Waals surface area contributed by atoms with Gasteiger partial charge in [-0.3, -0.25) is 4.79 Å². The van der Waals surface area contributed by atoms with Gasteiger partial charge >= 0.3 is 0 Å². The van der Waals surface area contributed by atoms with E-state index >= 15 is 0 Å². The van der Waals surface area contributed by atoms with Gasteiger partial charge in [0, 0.05) is 25.0 Å². The van der Waals surface area contributed by atoms with Crippen molar-refractivity contribution in [3.63, 3.8) is 0 Å². The topological polar surface area (TPSA) is 38.3 Å². The van der Waals surface area contributed by atoms with E-state index in [0.29, 0.717) is 13.0 Å². The second kappa shape index (κ2) is 8.93. The van der Waals surface area contributed by atoms with E-state index in [1.807, 2.05) is 30.3 Å². The van der Waals surface area contributed by atoms with Crippen LogP contribution >= 0.6 is 22.9 Å². The molecular weight excluding hydrogens is 318 g/mol. The predicted octanol–water partition coefficient (Wildman–Crippen LogP) is 4.23. The van der Waals surface area contributed by atoms with Gasteiger partial charge in [-0.2, -0.15) is 0 Å². The fourth-order valence-corrected chi connectivity index (χ4v) is 3.33. The summed E-state index contributed by atoms with van der Waals surface area (Å²) in [6, 6.07) is 14.0. The van der Waals surface area contributed by atoms with Crippen molar-refractivity contribution in [1.29, 1.82) is 0 Å². The van der Waals surface area contributed by atoms with Crippen LogP contribution in [0.4, 0.5) is 0 Å². The van der Waals surface area contributed by atoms with Gasteiger partial charge in [-0.15, -0.1) is 11.3 Å². The van der Waals surface area contributed by atoms with E-state index in [4.69, 9.17) is 16.3 Å². The number of halogens is 1. The number of carbonyl (C=O) groups is 1. The zero-order chi connectivity index (χ0) is 15.8. The highest BCUT2D eigenvalue weighted by Crippen LogP contribution is 2.28. The molecule has 0 fully saturated rings. The molecule has 2 aromatic rings. The molecule has 1 N–H and O–H groups in total. The average molecular weight is 338 g/mol. The predicted molar refractivity (Wildman–Crippen MR) is 91.5 cm³/mol. The third-order valence-corrected chi connectivity index (χ3v) is 4.72. The van der Waals surface area contributed by atoms with Crippen molar-refractivity contribution in [1.82, 2.24) is 5.32 Å². The highest BCUT2D eigenvalue weighted by atomic mass is 35.5. The van der Waals surface area contributed by atoms with Gasteiger partial charge < -0.3 is 10.1 Å². The molecule has 3 nitrogen and oxygen atoms in total. The molecule has 1 heterocycles. The van der Waals surface area contributed by atoms with Crippen molar-refractivity contribution in [2.45, 2.75) is 25.4 Å². The number of nitrogens with one attached hydrogen (secondary N) is 1. The summed E-state index contributed by atoms with van der Waals surface area (Å²) >= 11 is 7.40. The van der Waals surface area contributed by atoms with Crippen molar-refractivity contribution in [3.8, 4) is 0 Å². The van der Waals surface area contributed by atoms with Gasteiger partial charge in [0.2, 0.25) is 5.91 Å². The van der Waals surface area contributed by atoms with Gasteiger partial charge in [-0.05, 0) is 30.5 Å². The summed E-state index contributed by atoms with van der Waals surface area (Å²) in [6.45, 7) is 0.470. The molecule has 118 valence electrons. The Morgan fingerprint density at radius 1 is 1.27 bits per heavy atom. The number of methoxy groups -OCH3 is 1. The van der Waals surface area contributed by atoms with Crippen LogP contribution in [0.1, 0.15) is 29.4 Å². The minimum absolute atomic E-state index is 0.0561. The number of aryl methyl sites for hydroxylation is 1. The van der Waals surface area contributed by atoms with Crippen molar-refractivity contribution in [2.75, 3.05) is 13.7 Å². The number of hydrogen-bond acceptors (Lipinski definition) is 3. The van der Waals surface area contributed by atoms with E-state index in [1.54, 1.807) is 7.11 Å². The molecule has 0 aliphatic carbocycles. The Balaban J connectivity index is 1.70. The Morgan fingerprint density at radius 2 is 2.05 bits per heavy atom. The lowest BCUT2D eigenvalue weighted by Crippen LogP contribution is -2.28. The summed E-state index contributed by atoms with van der Waals surface area (Å²) in [7, 11) is 1.64. The van der Waals surface area contributed by atoms with Gasteiger partial charge in [0.05, 0.1) is 4.34 Å². The van der Waals surface area contributed by atoms with Crippen molar-refractivity contribution in [2.24, 2.45) is 0 Å². The highest BCUT2D eigenvalue weighted by Gasteiger charge is 2.14. The van der Waals surface area contributed by atoms with Crippen molar-refractivity contribution >= 4 is 28.8 Å². The molecule has 5 heteroatoms. The van der Waals surface area contributed by atoms with Crippen LogP contribution < -0.4 is 5.32 Å². The number of amides is 1. The lowest BCUT2D eigenvalue weighted by molar-refractivity contribution is -0.121. The number of rotatable bonds is 8. The summed E-state index contributed by atoms with van der Waals surface area (Å²) in [4.78, 5) is 12.9. The molecule has 1 aromatic carbocycles. The summed E-state index contributed by atoms with van der Waals surface area (Å²) in [5.74, 6) is 0.0561. The van der Waals surface area contributed by atoms with E-state index in [9.17, 15) is 4.79 Å². The minimum atomic E-state index is -0.143. The molecule has 1 aromatic heterocycles. The zero-order valence-corrected chi connectivity index (χ0v) is 14.1. The standard InChI is InChI=1S/C17H20ClNO2S/c1-21-14(15-10-11-16(18)22-15)12-19-17(20)9-5-8-13-6-3-2-4-7-13/h2-4,6-7,10-11,14H,5,8-9,12H2,1H3,(H,19,20)/t14-/m1/s1. The molecule has 0 aliphatic rings. The highest BCUT2D eigenvalue weighted by molar-refractivity contribution is 7.16. The van der Waals surface area contributed by atoms with Gasteiger partial charge in [-0.1, -0.05) is 41.9 Å². The molecule has 0 aliphatic heterocycles. The second-order valence-electron chi connectivity index (χ2n) is 5.01. The molecule has 0 saturated heterocycles. The maximum Gasteiger partial charge on any atom is 0.220 e. The summed E-state index contributed by atoms with van der Waals surface area (Å²) in [5.41, 5.74) is 1.26. The van der Waals surface area contributed by atoms with E-state index in [0.717, 1.165) is 22.1 Å². The van der Waals surface area contributed by atoms with Gasteiger partial charge in [0.25, 0.3) is 0 Å². The first-order valence-electron chi connectivity index (χ1n) is 7.27. The van der Waals surface area contributed by atoms with E-state index in [-0.39, 0.29) is 12.0 Å². The second-order valence-corrected chi connectivity index (χ2v) is 6.76. The largest absolute Gasteiger partial charge is 0.374 e. The Morgan fingerprint density at radius 3 is 2.68 bits per heavy atom. The van der Waals surface area contributed by atoms with Crippen LogP contribution in [0.25, 0.3) is 0 Å². The quantitative estimate of drug-likeness (QED) is 0.783. The maximum absolute atomic E-state index is 11.9. The molecule has 22 heavy (non-hydrogen) atoms. The Hall–Kier alpha value is -1.36. The number of carbonyl (C=O) groups excluding carboxylic acids is 1. The van der Waals surface area contributed by atoms with Crippen molar-refractivity contribution < 1.29 is 9.53 Å². The fraction of sp³-hybridized carbons (Fsp3) is 0.353. The first-order valence-corrected chi connectivity index (χ1v) is 8.47. The maximum atomic E-state index is 11.9. The molecule has 0 unspecified atom stereocenters. The fourth-order valence-electron chi connectivity index (χ4n) is 2.19. The third kappa shape index (κ3) is 5.44. The van der Waals surface area contributed by atoms with E-state index in [2.05, 4.69) is 17.4 Å². The van der Waals surface area contributed by atoms with Crippen LogP contribution in [0.15, 0.2) is 42.5 Å². The minimum Gasteiger partial charge on any atom is -0.374 e. The number of ether oxygens (including phenoxy) is 1. The summed E-state index contributed by atoms with van der Waals surface area (Å²) in [5, 5.41) is 2.93. The summed E-state index contributed by atoms with van der Waals surface area (Å²) < 4.78 is 6.14. The molecule has 0 radical (unpaired) electrons. The molecule has 1 atom stereocenters. The SMILES string of the molecule is CO[C@H](CNC(=O)CCCc1ccccc1)c1ccc(Cl)s1. The first kappa shape index (κ1) is 17.0. The van der Waals surface area contributed by atoms with Crippen LogP contribution in [0.3, 0.4) is 0 Å². The first-order chi connectivity index (χ1) is 10.7. The number of benzene rings is 1. The van der Waals surface area contributed by atoms with Gasteiger partial charge in [0.1, 0.15) is 6.10 Å². The number of hydrogen-bond donors (Lipinski definition) is 1. The van der Waals surface area contributed by atoms with E-state index in [1.165, 1.54) is 16.9 Å². The Labute approximate surface area is 140 Å². The lowest BCUT2D eigenvalue weighted by atomic mass is 10.1. The monoisotopic (exact) mass is 337 g/mol. The van der Waals surface area contributed by atoms with Gasteiger partial charge in [-0.25, -0.2) is 0 Å². The van der Waals surface area contributed by atoms with Crippen LogP contribution in [0.2, 0.25) is 4.34 Å². The summed E-state index contributed by atoms with van der Waals surface area (Å²) in [6.07, 6.45) is 2.15. The van der Waals surface area contributed by atoms with Crippen molar-refractivity contribution in [3.05, 3.63) is 57.2 Å². The lowest BCUT2D eigenvalue weighted by Gasteiger charge is -2.14. The molecule has 0 bridgehead atoms. The van der Waals surface area contributed by atoms with Crippen LogP contribution in [-0.2, 0) is 16.0 Å². The zero-order valence-electron chi connectivity index (χ0n) is 12.5. The Kier molecular flexibility index (Phi) is 6.90. The molecule has 0 spiro atoms. The molecule has 1 amide bonds. The van der Waals surface area contributed by atoms with Crippen LogP contribution in [0, 0.1) is 0 Å². The third-order valence-electron chi connectivity index (χ3n) is 3.39. The molecular formula is C17H20ClNO2S. The number of thiophene rings is 1. The average Bonchev–Trinajstić information content (AvgIpc) is 2.95. The van der Waals surface area contributed by atoms with Crippen LogP contribution in [-0.4, -0.2) is 19.6 Å². The molecule has 0 saturated carbocycles. The smallest absolute Gasteiger partial charge is 0.220 e. The van der Waals surface area contributed by atoms with E-state index < -0.39 is 0 Å². The Bertz CT molecular complexity index is 585. The molecule has 2 rings (SSSR count). The van der Waals surface area contributed by atoms with Crippen LogP contribution in [0.5, 0.6) is 0 Å². The normalized spacial score (nSPS) is 12.1. The van der Waals surface area contributed by atoms with Gasteiger partial charge in [0.15, 0.2) is 0 Å².